The van der Waals surface area contributed by atoms with Crippen LogP contribution in [0.25, 0.3) is 0 Å². The van der Waals surface area contributed by atoms with Crippen LogP contribution < -0.4 is 10.6 Å². The summed E-state index contributed by atoms with van der Waals surface area (Å²) in [6, 6.07) is 9.72. The molecule has 8 heteroatoms. The number of amides is 3. The molecular formula is C25H29F2N3O3. The van der Waals surface area contributed by atoms with Crippen molar-refractivity contribution in [3.8, 4) is 0 Å². The van der Waals surface area contributed by atoms with Gasteiger partial charge in [-0.05, 0) is 80.6 Å². The number of hydrogen-bond acceptors (Lipinski definition) is 3. The molecule has 3 rings (SSSR count). The predicted octanol–water partition coefficient (Wildman–Crippen LogP) is 3.53. The Hall–Kier alpha value is -3.29. The van der Waals surface area contributed by atoms with E-state index in [1.165, 1.54) is 48.5 Å². The van der Waals surface area contributed by atoms with Gasteiger partial charge in [-0.3, -0.25) is 14.4 Å². The first kappa shape index (κ1) is 24.4. The lowest BCUT2D eigenvalue weighted by Crippen LogP contribution is -2.55. The van der Waals surface area contributed by atoms with E-state index in [2.05, 4.69) is 10.6 Å². The van der Waals surface area contributed by atoms with Gasteiger partial charge in [0.25, 0.3) is 11.8 Å². The Morgan fingerprint density at radius 1 is 0.909 bits per heavy atom. The lowest BCUT2D eigenvalue weighted by molar-refractivity contribution is -0.125. The molecular weight excluding hydrogens is 428 g/mol. The highest BCUT2D eigenvalue weighted by Gasteiger charge is 2.34. The van der Waals surface area contributed by atoms with Gasteiger partial charge in [0.1, 0.15) is 17.7 Å². The van der Waals surface area contributed by atoms with Crippen molar-refractivity contribution in [2.75, 3.05) is 13.1 Å². The van der Waals surface area contributed by atoms with Crippen LogP contribution in [0.4, 0.5) is 8.78 Å². The zero-order valence-corrected chi connectivity index (χ0v) is 18.8. The van der Waals surface area contributed by atoms with Crippen LogP contribution in [0.1, 0.15) is 53.8 Å². The lowest BCUT2D eigenvalue weighted by atomic mass is 9.88. The van der Waals surface area contributed by atoms with E-state index in [1.54, 1.807) is 4.90 Å². The molecule has 2 aromatic rings. The van der Waals surface area contributed by atoms with Gasteiger partial charge in [0.05, 0.1) is 0 Å². The summed E-state index contributed by atoms with van der Waals surface area (Å²) in [4.78, 5) is 40.1. The van der Waals surface area contributed by atoms with Gasteiger partial charge in [0, 0.05) is 30.3 Å². The third kappa shape index (κ3) is 6.37. The number of carbonyl (C=O) groups excluding carboxylic acids is 3. The maximum absolute atomic E-state index is 13.2. The number of hydrogen-bond donors (Lipinski definition) is 2. The van der Waals surface area contributed by atoms with Gasteiger partial charge in [-0.2, -0.15) is 0 Å². The van der Waals surface area contributed by atoms with Crippen molar-refractivity contribution in [2.45, 2.75) is 45.2 Å². The number of rotatable bonds is 7. The van der Waals surface area contributed by atoms with Gasteiger partial charge in [-0.25, -0.2) is 8.78 Å². The number of likely N-dealkylation sites (tertiary alicyclic amines) is 1. The maximum atomic E-state index is 13.2. The van der Waals surface area contributed by atoms with Crippen molar-refractivity contribution in [3.63, 3.8) is 0 Å². The van der Waals surface area contributed by atoms with Gasteiger partial charge in [-0.15, -0.1) is 0 Å². The Kier molecular flexibility index (Phi) is 8.14. The van der Waals surface area contributed by atoms with Gasteiger partial charge >= 0.3 is 0 Å². The molecule has 3 amide bonds. The van der Waals surface area contributed by atoms with Crippen molar-refractivity contribution in [2.24, 2.45) is 5.92 Å². The largest absolute Gasteiger partial charge is 0.352 e. The van der Waals surface area contributed by atoms with Crippen molar-refractivity contribution < 1.29 is 23.2 Å². The summed E-state index contributed by atoms with van der Waals surface area (Å²) < 4.78 is 26.4. The highest BCUT2D eigenvalue weighted by Crippen LogP contribution is 2.23. The first-order chi connectivity index (χ1) is 15.8. The minimum absolute atomic E-state index is 0.0529. The molecule has 1 aliphatic rings. The molecule has 1 aliphatic heterocycles. The van der Waals surface area contributed by atoms with Crippen LogP contribution in [0.5, 0.6) is 0 Å². The van der Waals surface area contributed by atoms with E-state index in [-0.39, 0.29) is 29.3 Å². The van der Waals surface area contributed by atoms with Crippen LogP contribution in [0.3, 0.4) is 0 Å². The molecule has 6 nitrogen and oxygen atoms in total. The molecule has 176 valence electrons. The average Bonchev–Trinajstić information content (AvgIpc) is 2.82. The number of benzene rings is 2. The van der Waals surface area contributed by atoms with Gasteiger partial charge in [-0.1, -0.05) is 6.92 Å². The average molecular weight is 458 g/mol. The fourth-order valence-corrected chi connectivity index (χ4v) is 3.87. The van der Waals surface area contributed by atoms with E-state index >= 15 is 0 Å². The first-order valence-electron chi connectivity index (χ1n) is 11.2. The third-order valence-corrected chi connectivity index (χ3v) is 6.07. The molecule has 1 saturated heterocycles. The number of nitrogens with zero attached hydrogens (tertiary/aromatic N) is 1. The summed E-state index contributed by atoms with van der Waals surface area (Å²) in [7, 11) is 0. The second kappa shape index (κ2) is 11.0. The third-order valence-electron chi connectivity index (χ3n) is 6.07. The quantitative estimate of drug-likeness (QED) is 0.668. The normalized spacial score (nSPS) is 16.1. The monoisotopic (exact) mass is 457 g/mol. The van der Waals surface area contributed by atoms with E-state index in [0.29, 0.717) is 31.5 Å². The van der Waals surface area contributed by atoms with Crippen molar-refractivity contribution in [3.05, 3.63) is 71.3 Å². The topological polar surface area (TPSA) is 78.5 Å². The second-order valence-electron chi connectivity index (χ2n) is 8.41. The molecule has 0 bridgehead atoms. The molecule has 0 aromatic heterocycles. The molecule has 33 heavy (non-hydrogen) atoms. The maximum Gasteiger partial charge on any atom is 0.253 e. The predicted molar refractivity (Wildman–Crippen MR) is 121 cm³/mol. The SMILES string of the molecule is CC[C@H](C)NC(=O)[C@@H](NC(=O)c1ccc(F)cc1)C1CCN(C(=O)c2ccc(F)cc2)CC1. The van der Waals surface area contributed by atoms with Crippen molar-refractivity contribution in [1.29, 1.82) is 0 Å². The minimum Gasteiger partial charge on any atom is -0.352 e. The van der Waals surface area contributed by atoms with E-state index in [1.807, 2.05) is 13.8 Å². The van der Waals surface area contributed by atoms with Crippen molar-refractivity contribution >= 4 is 17.7 Å². The zero-order valence-electron chi connectivity index (χ0n) is 18.8. The summed E-state index contributed by atoms with van der Waals surface area (Å²) in [6.45, 7) is 4.68. The van der Waals surface area contributed by atoms with Crippen LogP contribution in [-0.2, 0) is 4.79 Å². The molecule has 2 atom stereocenters. The smallest absolute Gasteiger partial charge is 0.253 e. The highest BCUT2D eigenvalue weighted by atomic mass is 19.1. The Morgan fingerprint density at radius 2 is 1.42 bits per heavy atom. The number of piperidine rings is 1. The minimum atomic E-state index is -0.778. The van der Waals surface area contributed by atoms with Gasteiger partial charge < -0.3 is 15.5 Å². The number of halogens is 2. The van der Waals surface area contributed by atoms with E-state index in [0.717, 1.165) is 6.42 Å². The Morgan fingerprint density at radius 3 is 1.94 bits per heavy atom. The summed E-state index contributed by atoms with van der Waals surface area (Å²) in [5.41, 5.74) is 0.673. The standard InChI is InChI=1S/C25H29F2N3O3/c1-3-16(2)28-24(32)22(29-23(31)18-4-8-20(26)9-5-18)17-12-14-30(15-13-17)25(33)19-6-10-21(27)11-7-19/h4-11,16-17,22H,3,12-15H2,1-2H3,(H,28,32)(H,29,31)/t16-,22-/m0/s1. The fourth-order valence-electron chi connectivity index (χ4n) is 3.87. The molecule has 0 unspecified atom stereocenters. The molecule has 0 radical (unpaired) electrons. The summed E-state index contributed by atoms with van der Waals surface area (Å²) in [5.74, 6) is -1.94. The number of nitrogens with one attached hydrogen (secondary N) is 2. The Balaban J connectivity index is 1.69. The molecule has 0 saturated carbocycles. The van der Waals surface area contributed by atoms with Crippen LogP contribution in [0.15, 0.2) is 48.5 Å². The summed E-state index contributed by atoms with van der Waals surface area (Å²) in [5, 5.41) is 5.74. The Labute approximate surface area is 192 Å². The molecule has 2 aromatic carbocycles. The molecule has 0 aliphatic carbocycles. The van der Waals surface area contributed by atoms with Crippen LogP contribution >= 0.6 is 0 Å². The summed E-state index contributed by atoms with van der Waals surface area (Å²) >= 11 is 0. The zero-order chi connectivity index (χ0) is 24.0. The van der Waals surface area contributed by atoms with Crippen LogP contribution in [0.2, 0.25) is 0 Å². The van der Waals surface area contributed by atoms with E-state index in [9.17, 15) is 23.2 Å². The van der Waals surface area contributed by atoms with E-state index < -0.39 is 23.6 Å². The second-order valence-corrected chi connectivity index (χ2v) is 8.41. The lowest BCUT2D eigenvalue weighted by Gasteiger charge is -2.36. The fraction of sp³-hybridized carbons (Fsp3) is 0.400. The van der Waals surface area contributed by atoms with Crippen LogP contribution in [0, 0.1) is 17.6 Å². The first-order valence-corrected chi connectivity index (χ1v) is 11.2. The Bertz CT molecular complexity index is 971. The molecule has 1 heterocycles. The number of carbonyl (C=O) groups is 3. The molecule has 1 fully saturated rings. The van der Waals surface area contributed by atoms with Gasteiger partial charge in [0.15, 0.2) is 0 Å². The van der Waals surface area contributed by atoms with E-state index in [4.69, 9.17) is 0 Å². The molecule has 2 N–H and O–H groups in total. The summed E-state index contributed by atoms with van der Waals surface area (Å²) in [6.07, 6.45) is 1.79. The highest BCUT2D eigenvalue weighted by molar-refractivity contribution is 5.97. The molecule has 0 spiro atoms. The van der Waals surface area contributed by atoms with Gasteiger partial charge in [0.2, 0.25) is 5.91 Å². The van der Waals surface area contributed by atoms with Crippen molar-refractivity contribution in [1.82, 2.24) is 15.5 Å². The van der Waals surface area contributed by atoms with Crippen LogP contribution in [-0.4, -0.2) is 47.8 Å².